The fraction of sp³-hybridized carbons (Fsp3) is 0.0625. The largest absolute Gasteiger partial charge is 0.398 e. The Morgan fingerprint density at radius 3 is 2.80 bits per heavy atom. The number of aryl methyl sites for hydroxylation is 1. The van der Waals surface area contributed by atoms with E-state index >= 15 is 0 Å². The minimum atomic E-state index is -0.0748. The number of aromatic nitrogens is 1. The highest BCUT2D eigenvalue weighted by molar-refractivity contribution is 6.31. The molecule has 0 bridgehead atoms. The van der Waals surface area contributed by atoms with E-state index in [9.17, 15) is 4.79 Å². The van der Waals surface area contributed by atoms with Crippen LogP contribution in [0.4, 0.5) is 5.69 Å². The summed E-state index contributed by atoms with van der Waals surface area (Å²) < 4.78 is 0. The number of carbonyl (C=O) groups excluding carboxylic acids is 1. The molecular weight excluding hydrogens is 272 g/mol. The zero-order valence-electron chi connectivity index (χ0n) is 10.9. The van der Waals surface area contributed by atoms with Crippen molar-refractivity contribution in [1.82, 2.24) is 4.98 Å². The Kier molecular flexibility index (Phi) is 2.99. The van der Waals surface area contributed by atoms with E-state index in [1.165, 1.54) is 0 Å². The van der Waals surface area contributed by atoms with Gasteiger partial charge in [-0.05, 0) is 30.7 Å². The van der Waals surface area contributed by atoms with Crippen LogP contribution in [0.2, 0.25) is 5.02 Å². The fourth-order valence-corrected chi connectivity index (χ4v) is 2.59. The van der Waals surface area contributed by atoms with Crippen molar-refractivity contribution in [2.24, 2.45) is 0 Å². The van der Waals surface area contributed by atoms with Crippen LogP contribution in [0.15, 0.2) is 42.6 Å². The maximum Gasteiger partial charge on any atom is 0.197 e. The van der Waals surface area contributed by atoms with Crippen LogP contribution in [0, 0.1) is 6.92 Å². The van der Waals surface area contributed by atoms with Gasteiger partial charge in [-0.3, -0.25) is 4.79 Å². The highest BCUT2D eigenvalue weighted by Gasteiger charge is 2.18. The lowest BCUT2D eigenvalue weighted by atomic mass is 9.97. The molecule has 0 radical (unpaired) electrons. The second-order valence-corrected chi connectivity index (χ2v) is 5.20. The van der Waals surface area contributed by atoms with Gasteiger partial charge in [-0.15, -0.1) is 0 Å². The highest BCUT2D eigenvalue weighted by atomic mass is 35.5. The van der Waals surface area contributed by atoms with Crippen LogP contribution in [-0.2, 0) is 0 Å². The number of H-pyrrole nitrogens is 1. The monoisotopic (exact) mass is 284 g/mol. The molecule has 3 N–H and O–H groups in total. The van der Waals surface area contributed by atoms with Crippen LogP contribution in [0.1, 0.15) is 21.5 Å². The fourth-order valence-electron chi connectivity index (χ4n) is 2.42. The standard InChI is InChI=1S/C16H13ClN2O/c1-9-3-2-4-13(18)15(9)16(20)12-8-19-14-7-10(17)5-6-11(12)14/h2-8,19H,18H2,1H3. The third-order valence-electron chi connectivity index (χ3n) is 3.42. The van der Waals surface area contributed by atoms with Crippen LogP contribution >= 0.6 is 11.6 Å². The van der Waals surface area contributed by atoms with E-state index in [0.29, 0.717) is 21.8 Å². The van der Waals surface area contributed by atoms with Gasteiger partial charge in [0.15, 0.2) is 5.78 Å². The number of nitrogens with one attached hydrogen (secondary N) is 1. The topological polar surface area (TPSA) is 58.9 Å². The Labute approximate surface area is 121 Å². The van der Waals surface area contributed by atoms with Gasteiger partial charge in [0.2, 0.25) is 0 Å². The summed E-state index contributed by atoms with van der Waals surface area (Å²) in [7, 11) is 0. The number of anilines is 1. The van der Waals surface area contributed by atoms with Crippen molar-refractivity contribution < 1.29 is 4.79 Å². The van der Waals surface area contributed by atoms with Crippen molar-refractivity contribution in [2.45, 2.75) is 6.92 Å². The van der Waals surface area contributed by atoms with E-state index < -0.39 is 0 Å². The first-order valence-electron chi connectivity index (χ1n) is 6.24. The Hall–Kier alpha value is -2.26. The maximum atomic E-state index is 12.7. The summed E-state index contributed by atoms with van der Waals surface area (Å²) in [6.07, 6.45) is 1.70. The summed E-state index contributed by atoms with van der Waals surface area (Å²) in [4.78, 5) is 15.8. The van der Waals surface area contributed by atoms with Gasteiger partial charge in [-0.1, -0.05) is 29.8 Å². The lowest BCUT2D eigenvalue weighted by Gasteiger charge is -2.07. The molecule has 1 heterocycles. The lowest BCUT2D eigenvalue weighted by Crippen LogP contribution is -2.07. The highest BCUT2D eigenvalue weighted by Crippen LogP contribution is 2.27. The van der Waals surface area contributed by atoms with E-state index in [1.807, 2.05) is 25.1 Å². The molecule has 3 nitrogen and oxygen atoms in total. The summed E-state index contributed by atoms with van der Waals surface area (Å²) in [5, 5.41) is 1.48. The normalized spacial score (nSPS) is 10.9. The number of rotatable bonds is 2. The molecule has 0 saturated carbocycles. The van der Waals surface area contributed by atoms with Gasteiger partial charge in [0.25, 0.3) is 0 Å². The number of aromatic amines is 1. The number of ketones is 1. The van der Waals surface area contributed by atoms with Gasteiger partial charge in [0.05, 0.1) is 0 Å². The molecule has 20 heavy (non-hydrogen) atoms. The maximum absolute atomic E-state index is 12.7. The quantitative estimate of drug-likeness (QED) is 0.553. The Bertz CT molecular complexity index is 800. The van der Waals surface area contributed by atoms with Crippen LogP contribution < -0.4 is 5.73 Å². The Balaban J connectivity index is 2.18. The molecule has 3 rings (SSSR count). The molecule has 100 valence electrons. The molecule has 0 unspecified atom stereocenters. The molecule has 0 aliphatic carbocycles. The molecular formula is C16H13ClN2O. The van der Waals surface area contributed by atoms with Crippen molar-refractivity contribution in [1.29, 1.82) is 0 Å². The lowest BCUT2D eigenvalue weighted by molar-refractivity contribution is 0.104. The van der Waals surface area contributed by atoms with Gasteiger partial charge in [-0.2, -0.15) is 0 Å². The molecule has 0 saturated heterocycles. The molecule has 0 spiro atoms. The molecule has 0 fully saturated rings. The number of nitrogen functional groups attached to an aromatic ring is 1. The Morgan fingerprint density at radius 1 is 1.25 bits per heavy atom. The number of nitrogens with two attached hydrogens (primary N) is 1. The summed E-state index contributed by atoms with van der Waals surface area (Å²) >= 11 is 5.95. The van der Waals surface area contributed by atoms with Crippen molar-refractivity contribution in [3.05, 3.63) is 64.3 Å². The zero-order chi connectivity index (χ0) is 14.3. The van der Waals surface area contributed by atoms with Crippen molar-refractivity contribution >= 4 is 34.0 Å². The number of carbonyl (C=O) groups is 1. The van der Waals surface area contributed by atoms with E-state index in [4.69, 9.17) is 17.3 Å². The van der Waals surface area contributed by atoms with E-state index in [-0.39, 0.29) is 5.78 Å². The molecule has 0 aliphatic heterocycles. The van der Waals surface area contributed by atoms with Gasteiger partial charge in [0, 0.05) is 38.9 Å². The third kappa shape index (κ3) is 1.96. The van der Waals surface area contributed by atoms with Crippen LogP contribution in [0.25, 0.3) is 10.9 Å². The molecule has 3 aromatic rings. The minimum absolute atomic E-state index is 0.0748. The molecule has 2 aromatic carbocycles. The molecule has 0 amide bonds. The number of hydrogen-bond donors (Lipinski definition) is 2. The van der Waals surface area contributed by atoms with Crippen molar-refractivity contribution in [3.8, 4) is 0 Å². The SMILES string of the molecule is Cc1cccc(N)c1C(=O)c1c[nH]c2cc(Cl)ccc12. The predicted molar refractivity (Wildman–Crippen MR) is 82.3 cm³/mol. The van der Waals surface area contributed by atoms with Gasteiger partial charge < -0.3 is 10.7 Å². The smallest absolute Gasteiger partial charge is 0.197 e. The first-order valence-corrected chi connectivity index (χ1v) is 6.62. The van der Waals surface area contributed by atoms with Crippen molar-refractivity contribution in [3.63, 3.8) is 0 Å². The Morgan fingerprint density at radius 2 is 2.05 bits per heavy atom. The average Bonchev–Trinajstić information content (AvgIpc) is 2.81. The molecule has 0 atom stereocenters. The number of hydrogen-bond acceptors (Lipinski definition) is 2. The van der Waals surface area contributed by atoms with Gasteiger partial charge in [0.1, 0.15) is 0 Å². The van der Waals surface area contributed by atoms with Crippen molar-refractivity contribution in [2.75, 3.05) is 5.73 Å². The van der Waals surface area contributed by atoms with Gasteiger partial charge >= 0.3 is 0 Å². The van der Waals surface area contributed by atoms with Crippen LogP contribution in [0.5, 0.6) is 0 Å². The average molecular weight is 285 g/mol. The second-order valence-electron chi connectivity index (χ2n) is 4.76. The first-order chi connectivity index (χ1) is 9.58. The third-order valence-corrected chi connectivity index (χ3v) is 3.66. The summed E-state index contributed by atoms with van der Waals surface area (Å²) in [6.45, 7) is 1.88. The van der Waals surface area contributed by atoms with Crippen LogP contribution in [-0.4, -0.2) is 10.8 Å². The van der Waals surface area contributed by atoms with E-state index in [1.54, 1.807) is 24.4 Å². The second kappa shape index (κ2) is 4.69. The number of benzene rings is 2. The van der Waals surface area contributed by atoms with E-state index in [0.717, 1.165) is 16.5 Å². The van der Waals surface area contributed by atoms with Gasteiger partial charge in [-0.25, -0.2) is 0 Å². The molecule has 1 aromatic heterocycles. The summed E-state index contributed by atoms with van der Waals surface area (Å²) in [6, 6.07) is 10.9. The molecule has 4 heteroatoms. The van der Waals surface area contributed by atoms with E-state index in [2.05, 4.69) is 4.98 Å². The number of fused-ring (bicyclic) bond motifs is 1. The zero-order valence-corrected chi connectivity index (χ0v) is 11.7. The summed E-state index contributed by atoms with van der Waals surface area (Å²) in [5.74, 6) is -0.0748. The summed E-state index contributed by atoms with van der Waals surface area (Å²) in [5.41, 5.74) is 9.32. The number of halogens is 1. The van der Waals surface area contributed by atoms with Crippen LogP contribution in [0.3, 0.4) is 0 Å². The molecule has 0 aliphatic rings. The predicted octanol–water partition coefficient (Wildman–Crippen LogP) is 3.94. The minimum Gasteiger partial charge on any atom is -0.398 e. The first kappa shape index (κ1) is 12.8.